The normalized spacial score (nSPS) is 11.6. The third-order valence-corrected chi connectivity index (χ3v) is 4.38. The molecule has 0 aliphatic rings. The fourth-order valence-electron chi connectivity index (χ4n) is 2.28. The molecule has 0 fully saturated rings. The molecule has 25 heavy (non-hydrogen) atoms. The first-order chi connectivity index (χ1) is 12.1. The van der Waals surface area contributed by atoms with Crippen LogP contribution in [0.5, 0.6) is 0 Å². The second-order valence-electron chi connectivity index (χ2n) is 5.24. The Morgan fingerprint density at radius 2 is 1.64 bits per heavy atom. The van der Waals surface area contributed by atoms with Crippen LogP contribution in [0, 0.1) is 5.82 Å². The number of anilines is 1. The quantitative estimate of drug-likeness (QED) is 0.521. The Morgan fingerprint density at radius 1 is 0.920 bits per heavy atom. The number of Topliss-reactive ketones (excluding diaryl/α,β-unsaturated/α-hetero) is 1. The van der Waals surface area contributed by atoms with Crippen molar-refractivity contribution in [3.8, 4) is 0 Å². The van der Waals surface area contributed by atoms with Crippen molar-refractivity contribution in [3.05, 3.63) is 88.4 Å². The lowest BCUT2D eigenvalue weighted by Gasteiger charge is -2.20. The van der Waals surface area contributed by atoms with E-state index in [0.29, 0.717) is 10.4 Å². The maximum absolute atomic E-state index is 13.9. The predicted molar refractivity (Wildman–Crippen MR) is 96.4 cm³/mol. The van der Waals surface area contributed by atoms with E-state index in [-0.39, 0.29) is 11.5 Å². The van der Waals surface area contributed by atoms with Crippen molar-refractivity contribution in [3.63, 3.8) is 0 Å². The van der Waals surface area contributed by atoms with Gasteiger partial charge in [0.2, 0.25) is 5.78 Å². The van der Waals surface area contributed by atoms with Crippen LogP contribution >= 0.6 is 11.3 Å². The van der Waals surface area contributed by atoms with Crippen LogP contribution in [0.15, 0.2) is 72.1 Å². The summed E-state index contributed by atoms with van der Waals surface area (Å²) in [6.45, 7) is 0. The highest BCUT2D eigenvalue weighted by molar-refractivity contribution is 7.12. The lowest BCUT2D eigenvalue weighted by molar-refractivity contribution is 0.0871. The summed E-state index contributed by atoms with van der Waals surface area (Å²) < 4.78 is 13.9. The highest BCUT2D eigenvalue weighted by Gasteiger charge is 2.23. The molecule has 2 N–H and O–H groups in total. The molecule has 0 spiro atoms. The monoisotopic (exact) mass is 354 g/mol. The zero-order valence-electron chi connectivity index (χ0n) is 13.1. The first kappa shape index (κ1) is 16.9. The van der Waals surface area contributed by atoms with Crippen molar-refractivity contribution >= 4 is 28.7 Å². The van der Waals surface area contributed by atoms with Gasteiger partial charge in [0.05, 0.1) is 10.6 Å². The highest BCUT2D eigenvalue weighted by Crippen LogP contribution is 2.16. The molecule has 0 aliphatic heterocycles. The van der Waals surface area contributed by atoms with Gasteiger partial charge in [0.25, 0.3) is 5.91 Å². The molecule has 2 aromatic carbocycles. The standard InChI is InChI=1S/C19H15FN2O2S/c20-14-9-4-5-10-15(14)21-18(17(23)13-7-2-1-3-8-13)22-19(24)16-11-6-12-25-16/h1-12,18,21H,(H,22,24)/t18-/m0/s1. The fourth-order valence-corrected chi connectivity index (χ4v) is 2.91. The SMILES string of the molecule is O=C(N[C@H](Nc1ccccc1F)C(=O)c1ccccc1)c1cccs1. The molecule has 0 bridgehead atoms. The molecule has 0 saturated heterocycles. The largest absolute Gasteiger partial charge is 0.356 e. The summed E-state index contributed by atoms with van der Waals surface area (Å²) in [4.78, 5) is 25.6. The Labute approximate surface area is 148 Å². The Hall–Kier alpha value is -2.99. The molecule has 3 aromatic rings. The van der Waals surface area contributed by atoms with Crippen molar-refractivity contribution < 1.29 is 14.0 Å². The van der Waals surface area contributed by atoms with E-state index in [1.807, 2.05) is 0 Å². The topological polar surface area (TPSA) is 58.2 Å². The van der Waals surface area contributed by atoms with E-state index >= 15 is 0 Å². The van der Waals surface area contributed by atoms with E-state index in [9.17, 15) is 14.0 Å². The molecular formula is C19H15FN2O2S. The van der Waals surface area contributed by atoms with Gasteiger partial charge in [-0.05, 0) is 23.6 Å². The van der Waals surface area contributed by atoms with Gasteiger partial charge in [-0.25, -0.2) is 4.39 Å². The number of para-hydroxylation sites is 1. The molecule has 0 unspecified atom stereocenters. The number of amides is 1. The number of ketones is 1. The smallest absolute Gasteiger partial charge is 0.263 e. The second-order valence-corrected chi connectivity index (χ2v) is 6.19. The molecule has 1 amide bonds. The molecule has 1 aromatic heterocycles. The molecule has 0 radical (unpaired) electrons. The van der Waals surface area contributed by atoms with E-state index in [1.165, 1.54) is 23.5 Å². The lowest BCUT2D eigenvalue weighted by Crippen LogP contribution is -2.46. The Kier molecular flexibility index (Phi) is 5.20. The highest BCUT2D eigenvalue weighted by atomic mass is 32.1. The van der Waals surface area contributed by atoms with Crippen molar-refractivity contribution in [2.75, 3.05) is 5.32 Å². The molecule has 0 saturated carbocycles. The van der Waals surface area contributed by atoms with Gasteiger partial charge in [-0.2, -0.15) is 0 Å². The Bertz CT molecular complexity index is 866. The van der Waals surface area contributed by atoms with E-state index < -0.39 is 17.9 Å². The van der Waals surface area contributed by atoms with Crippen LogP contribution < -0.4 is 10.6 Å². The summed E-state index contributed by atoms with van der Waals surface area (Å²) in [5.41, 5.74) is 0.561. The summed E-state index contributed by atoms with van der Waals surface area (Å²) >= 11 is 1.26. The number of nitrogens with one attached hydrogen (secondary N) is 2. The molecule has 1 atom stereocenters. The van der Waals surface area contributed by atoms with Crippen LogP contribution in [0.25, 0.3) is 0 Å². The fraction of sp³-hybridized carbons (Fsp3) is 0.0526. The van der Waals surface area contributed by atoms with Gasteiger partial charge in [0.1, 0.15) is 5.82 Å². The van der Waals surface area contributed by atoms with Gasteiger partial charge in [-0.15, -0.1) is 11.3 Å². The van der Waals surface area contributed by atoms with Gasteiger partial charge in [0, 0.05) is 5.56 Å². The van der Waals surface area contributed by atoms with E-state index in [1.54, 1.807) is 60.0 Å². The van der Waals surface area contributed by atoms with Crippen molar-refractivity contribution in [1.29, 1.82) is 0 Å². The molecule has 0 aliphatic carbocycles. The van der Waals surface area contributed by atoms with Crippen LogP contribution in [-0.4, -0.2) is 17.9 Å². The number of carbonyl (C=O) groups excluding carboxylic acids is 2. The Morgan fingerprint density at radius 3 is 2.32 bits per heavy atom. The average molecular weight is 354 g/mol. The minimum atomic E-state index is -1.09. The maximum Gasteiger partial charge on any atom is 0.263 e. The third-order valence-electron chi connectivity index (χ3n) is 3.51. The molecule has 6 heteroatoms. The molecule has 1 heterocycles. The van der Waals surface area contributed by atoms with Crippen LogP contribution in [0.4, 0.5) is 10.1 Å². The van der Waals surface area contributed by atoms with Gasteiger partial charge in [-0.3, -0.25) is 9.59 Å². The zero-order valence-corrected chi connectivity index (χ0v) is 13.9. The van der Waals surface area contributed by atoms with E-state index in [4.69, 9.17) is 0 Å². The molecule has 3 rings (SSSR count). The van der Waals surface area contributed by atoms with E-state index in [0.717, 1.165) is 0 Å². The van der Waals surface area contributed by atoms with Crippen LogP contribution in [0.1, 0.15) is 20.0 Å². The lowest BCUT2D eigenvalue weighted by atomic mass is 10.1. The summed E-state index contributed by atoms with van der Waals surface area (Å²) in [5, 5.41) is 7.20. The van der Waals surface area contributed by atoms with Gasteiger partial charge >= 0.3 is 0 Å². The molecule has 126 valence electrons. The number of halogens is 1. The number of benzene rings is 2. The average Bonchev–Trinajstić information content (AvgIpc) is 3.18. The van der Waals surface area contributed by atoms with Crippen LogP contribution in [-0.2, 0) is 0 Å². The maximum atomic E-state index is 13.9. The third kappa shape index (κ3) is 4.10. The number of thiophene rings is 1. The number of hydrogen-bond acceptors (Lipinski definition) is 4. The van der Waals surface area contributed by atoms with Crippen LogP contribution in [0.2, 0.25) is 0 Å². The van der Waals surface area contributed by atoms with Crippen molar-refractivity contribution in [2.45, 2.75) is 6.17 Å². The predicted octanol–water partition coefficient (Wildman–Crippen LogP) is 3.94. The minimum Gasteiger partial charge on any atom is -0.356 e. The van der Waals surface area contributed by atoms with Gasteiger partial charge in [0.15, 0.2) is 6.17 Å². The first-order valence-electron chi connectivity index (χ1n) is 7.60. The number of hydrogen-bond donors (Lipinski definition) is 2. The minimum absolute atomic E-state index is 0.142. The number of rotatable bonds is 6. The molecular weight excluding hydrogens is 339 g/mol. The zero-order chi connectivity index (χ0) is 17.6. The number of carbonyl (C=O) groups is 2. The van der Waals surface area contributed by atoms with Crippen molar-refractivity contribution in [2.24, 2.45) is 0 Å². The van der Waals surface area contributed by atoms with Crippen molar-refractivity contribution in [1.82, 2.24) is 5.32 Å². The first-order valence-corrected chi connectivity index (χ1v) is 8.48. The van der Waals surface area contributed by atoms with Crippen LogP contribution in [0.3, 0.4) is 0 Å². The summed E-state index contributed by atoms with van der Waals surface area (Å²) in [6, 6.07) is 18.0. The summed E-state index contributed by atoms with van der Waals surface area (Å²) in [7, 11) is 0. The van der Waals surface area contributed by atoms with Gasteiger partial charge < -0.3 is 10.6 Å². The molecule has 4 nitrogen and oxygen atoms in total. The Balaban J connectivity index is 1.86. The summed E-state index contributed by atoms with van der Waals surface area (Å²) in [5.74, 6) is -1.25. The van der Waals surface area contributed by atoms with E-state index in [2.05, 4.69) is 10.6 Å². The summed E-state index contributed by atoms with van der Waals surface area (Å²) in [6.07, 6.45) is -1.09. The second kappa shape index (κ2) is 7.72. The van der Waals surface area contributed by atoms with Gasteiger partial charge in [-0.1, -0.05) is 48.5 Å².